The van der Waals surface area contributed by atoms with Crippen LogP contribution >= 0.6 is 11.6 Å². The van der Waals surface area contributed by atoms with Gasteiger partial charge in [0.25, 0.3) is 0 Å². The number of aromatic nitrogens is 1. The van der Waals surface area contributed by atoms with Gasteiger partial charge in [0.05, 0.1) is 5.52 Å². The van der Waals surface area contributed by atoms with Crippen molar-refractivity contribution in [1.82, 2.24) is 4.57 Å². The quantitative estimate of drug-likeness (QED) is 0.330. The van der Waals surface area contributed by atoms with E-state index in [4.69, 9.17) is 11.6 Å². The van der Waals surface area contributed by atoms with Crippen molar-refractivity contribution in [3.8, 4) is 16.8 Å². The number of fused-ring (bicyclic) bond motifs is 9. The summed E-state index contributed by atoms with van der Waals surface area (Å²) in [5.41, 5.74) is 9.68. The van der Waals surface area contributed by atoms with Crippen LogP contribution in [-0.2, 0) is 6.42 Å². The zero-order valence-electron chi connectivity index (χ0n) is 14.5. The van der Waals surface area contributed by atoms with E-state index < -0.39 is 0 Å². The van der Waals surface area contributed by atoms with Crippen LogP contribution in [0.2, 0.25) is 5.02 Å². The first-order valence-electron chi connectivity index (χ1n) is 9.25. The Morgan fingerprint density at radius 2 is 1.73 bits per heavy atom. The lowest BCUT2D eigenvalue weighted by Crippen LogP contribution is -2.19. The van der Waals surface area contributed by atoms with Gasteiger partial charge >= 0.3 is 0 Å². The molecule has 26 heavy (non-hydrogen) atoms. The van der Waals surface area contributed by atoms with E-state index in [1.54, 1.807) is 0 Å². The molecule has 2 bridgehead atoms. The number of hydrogen-bond acceptors (Lipinski definition) is 0. The Morgan fingerprint density at radius 3 is 2.65 bits per heavy atom. The Kier molecular flexibility index (Phi) is 2.83. The number of benzene rings is 3. The van der Waals surface area contributed by atoms with Crippen LogP contribution in [0.4, 0.5) is 0 Å². The van der Waals surface area contributed by atoms with Gasteiger partial charge in [-0.05, 0) is 59.2 Å². The van der Waals surface area contributed by atoms with Gasteiger partial charge in [0, 0.05) is 27.4 Å². The van der Waals surface area contributed by atoms with Crippen LogP contribution in [0.5, 0.6) is 0 Å². The fourth-order valence-electron chi connectivity index (χ4n) is 5.19. The predicted molar refractivity (Wildman–Crippen MR) is 109 cm³/mol. The summed E-state index contributed by atoms with van der Waals surface area (Å²) in [6.45, 7) is 2.37. The molecule has 2 heteroatoms. The monoisotopic (exact) mass is 355 g/mol. The van der Waals surface area contributed by atoms with Crippen LogP contribution in [0.1, 0.15) is 35.6 Å². The second-order valence-corrected chi connectivity index (χ2v) is 8.00. The van der Waals surface area contributed by atoms with Crippen LogP contribution in [0, 0.1) is 0 Å². The van der Waals surface area contributed by atoms with E-state index in [0.717, 1.165) is 11.4 Å². The Hall–Kier alpha value is -2.51. The molecule has 2 unspecified atom stereocenters. The topological polar surface area (TPSA) is 4.93 Å². The molecule has 6 rings (SSSR count). The highest BCUT2D eigenvalue weighted by Gasteiger charge is 2.37. The molecule has 2 aliphatic rings. The molecular formula is C24H18ClN. The first-order chi connectivity index (χ1) is 12.7. The first-order valence-corrected chi connectivity index (χ1v) is 9.63. The van der Waals surface area contributed by atoms with E-state index >= 15 is 0 Å². The largest absolute Gasteiger partial charge is 0.313 e. The second-order valence-electron chi connectivity index (χ2n) is 7.56. The SMILES string of the molecule is CC1c2ccccc2-c2c3n(c4ccccc24)-c2ccc(Cl)cc2C1C3. The zero-order chi connectivity index (χ0) is 17.4. The Labute approximate surface area is 157 Å². The summed E-state index contributed by atoms with van der Waals surface area (Å²) in [5, 5.41) is 2.18. The van der Waals surface area contributed by atoms with E-state index in [0.29, 0.717) is 11.8 Å². The van der Waals surface area contributed by atoms with Gasteiger partial charge in [-0.25, -0.2) is 0 Å². The summed E-state index contributed by atoms with van der Waals surface area (Å²) in [4.78, 5) is 0. The van der Waals surface area contributed by atoms with E-state index in [1.807, 2.05) is 6.07 Å². The van der Waals surface area contributed by atoms with Gasteiger partial charge in [-0.3, -0.25) is 0 Å². The molecule has 1 aromatic heterocycles. The average Bonchev–Trinajstić information content (AvgIpc) is 2.95. The fraction of sp³-hybridized carbons (Fsp3) is 0.167. The normalized spacial score (nSPS) is 19.8. The Morgan fingerprint density at radius 1 is 0.923 bits per heavy atom. The summed E-state index contributed by atoms with van der Waals surface area (Å²) in [7, 11) is 0. The van der Waals surface area contributed by atoms with Crippen molar-refractivity contribution in [3.63, 3.8) is 0 Å². The smallest absolute Gasteiger partial charge is 0.0538 e. The minimum atomic E-state index is 0.461. The molecule has 0 amide bonds. The van der Waals surface area contributed by atoms with Gasteiger partial charge in [-0.1, -0.05) is 61.0 Å². The van der Waals surface area contributed by atoms with E-state index in [-0.39, 0.29) is 0 Å². The lowest BCUT2D eigenvalue weighted by molar-refractivity contribution is 0.552. The van der Waals surface area contributed by atoms with Gasteiger partial charge in [0.2, 0.25) is 0 Å². The van der Waals surface area contributed by atoms with Crippen molar-refractivity contribution in [1.29, 1.82) is 0 Å². The predicted octanol–water partition coefficient (Wildman–Crippen LogP) is 6.71. The van der Waals surface area contributed by atoms with Crippen molar-refractivity contribution in [2.45, 2.75) is 25.2 Å². The van der Waals surface area contributed by atoms with Crippen molar-refractivity contribution < 1.29 is 0 Å². The highest BCUT2D eigenvalue weighted by atomic mass is 35.5. The number of hydrogen-bond donors (Lipinski definition) is 0. The molecule has 2 heterocycles. The molecule has 1 aliphatic carbocycles. The van der Waals surface area contributed by atoms with Gasteiger partial charge in [0.1, 0.15) is 0 Å². The third-order valence-corrected chi connectivity index (χ3v) is 6.58. The Balaban J connectivity index is 1.86. The lowest BCUT2D eigenvalue weighted by atomic mass is 9.78. The van der Waals surface area contributed by atoms with Gasteiger partial charge in [-0.15, -0.1) is 0 Å². The highest BCUT2D eigenvalue weighted by Crippen LogP contribution is 2.53. The zero-order valence-corrected chi connectivity index (χ0v) is 15.3. The van der Waals surface area contributed by atoms with Crippen molar-refractivity contribution in [3.05, 3.63) is 88.6 Å². The summed E-state index contributed by atoms with van der Waals surface area (Å²) in [5.74, 6) is 0.922. The molecule has 126 valence electrons. The average molecular weight is 356 g/mol. The van der Waals surface area contributed by atoms with E-state index in [1.165, 1.54) is 44.5 Å². The third-order valence-electron chi connectivity index (χ3n) is 6.34. The second kappa shape index (κ2) is 5.02. The third kappa shape index (κ3) is 1.72. The number of para-hydroxylation sites is 1. The summed E-state index contributed by atoms with van der Waals surface area (Å²) >= 11 is 6.41. The molecule has 0 N–H and O–H groups in total. The molecule has 0 radical (unpaired) electrons. The standard InChI is InChI=1S/C24H18ClN/c1-14-16-6-2-3-7-17(16)24-18-8-4-5-9-21(18)26-22-11-10-15(25)12-20(22)19(14)13-23(24)26/h2-12,14,19H,13H2,1H3. The van der Waals surface area contributed by atoms with Crippen LogP contribution in [0.15, 0.2) is 66.7 Å². The first kappa shape index (κ1) is 14.6. The minimum absolute atomic E-state index is 0.461. The molecule has 2 atom stereocenters. The molecule has 0 saturated carbocycles. The Bertz CT molecular complexity index is 1200. The molecule has 1 nitrogen and oxygen atoms in total. The molecule has 1 aliphatic heterocycles. The van der Waals surface area contributed by atoms with Crippen LogP contribution in [0.3, 0.4) is 0 Å². The molecule has 4 aromatic rings. The molecule has 0 fully saturated rings. The molecule has 0 spiro atoms. The summed E-state index contributed by atoms with van der Waals surface area (Å²) in [6.07, 6.45) is 1.06. The number of halogens is 1. The van der Waals surface area contributed by atoms with Crippen molar-refractivity contribution in [2.24, 2.45) is 0 Å². The maximum Gasteiger partial charge on any atom is 0.0538 e. The highest BCUT2D eigenvalue weighted by molar-refractivity contribution is 6.30. The van der Waals surface area contributed by atoms with Gasteiger partial charge in [-0.2, -0.15) is 0 Å². The number of rotatable bonds is 0. The van der Waals surface area contributed by atoms with E-state index in [9.17, 15) is 0 Å². The summed E-state index contributed by atoms with van der Waals surface area (Å²) in [6, 6.07) is 24.2. The van der Waals surface area contributed by atoms with Gasteiger partial charge in [0.15, 0.2) is 0 Å². The minimum Gasteiger partial charge on any atom is -0.313 e. The van der Waals surface area contributed by atoms with Crippen molar-refractivity contribution >= 4 is 22.5 Å². The van der Waals surface area contributed by atoms with Gasteiger partial charge < -0.3 is 4.57 Å². The lowest BCUT2D eigenvalue weighted by Gasteiger charge is -2.31. The van der Waals surface area contributed by atoms with E-state index in [2.05, 4.69) is 72.2 Å². The molecule has 3 aromatic carbocycles. The molecular weight excluding hydrogens is 338 g/mol. The fourth-order valence-corrected chi connectivity index (χ4v) is 5.37. The van der Waals surface area contributed by atoms with Crippen LogP contribution < -0.4 is 0 Å². The van der Waals surface area contributed by atoms with Crippen LogP contribution in [-0.4, -0.2) is 4.57 Å². The maximum atomic E-state index is 6.41. The summed E-state index contributed by atoms with van der Waals surface area (Å²) < 4.78 is 2.47. The number of nitrogens with zero attached hydrogens (tertiary/aromatic N) is 1. The molecule has 0 saturated heterocycles. The van der Waals surface area contributed by atoms with Crippen molar-refractivity contribution in [2.75, 3.05) is 0 Å². The maximum absolute atomic E-state index is 6.41. The van der Waals surface area contributed by atoms with Crippen LogP contribution in [0.25, 0.3) is 27.7 Å².